The number of fused-ring (bicyclic) bond motifs is 1. The van der Waals surface area contributed by atoms with Crippen LogP contribution in [0.4, 0.5) is 8.78 Å². The van der Waals surface area contributed by atoms with E-state index in [-0.39, 0.29) is 24.2 Å². The van der Waals surface area contributed by atoms with E-state index in [4.69, 9.17) is 4.52 Å². The molecule has 0 amide bonds. The lowest BCUT2D eigenvalue weighted by Gasteiger charge is -2.28. The van der Waals surface area contributed by atoms with E-state index < -0.39 is 5.92 Å². The Morgan fingerprint density at radius 2 is 1.72 bits per heavy atom. The Kier molecular flexibility index (Phi) is 5.43. The normalized spacial score (nSPS) is 19.0. The smallest absolute Gasteiger partial charge is 0.248 e. The van der Waals surface area contributed by atoms with Gasteiger partial charge in [-0.1, -0.05) is 47.6 Å². The molecule has 36 heavy (non-hydrogen) atoms. The number of halogens is 2. The summed E-state index contributed by atoms with van der Waals surface area (Å²) in [5, 5.41) is 5.31. The maximum Gasteiger partial charge on any atom is 0.248 e. The maximum absolute atomic E-state index is 13.8. The molecular formula is C31H32F2N2O. The molecule has 2 aromatic carbocycles. The molecule has 0 saturated heterocycles. The summed E-state index contributed by atoms with van der Waals surface area (Å²) in [6.45, 7) is 8.68. The number of aryl methyl sites for hydroxylation is 2. The Balaban J connectivity index is 1.41. The highest BCUT2D eigenvalue weighted by atomic mass is 19.3. The van der Waals surface area contributed by atoms with Crippen molar-refractivity contribution in [3.8, 4) is 22.3 Å². The topological polar surface area (TPSA) is 31.0 Å². The van der Waals surface area contributed by atoms with E-state index in [0.29, 0.717) is 12.8 Å². The molecule has 2 fully saturated rings. The highest BCUT2D eigenvalue weighted by Gasteiger charge is 2.41. The molecule has 5 heteroatoms. The molecule has 4 aromatic rings. The predicted octanol–water partition coefficient (Wildman–Crippen LogP) is 8.62. The third kappa shape index (κ3) is 3.99. The lowest BCUT2D eigenvalue weighted by atomic mass is 9.87. The maximum atomic E-state index is 13.8. The first-order chi connectivity index (χ1) is 17.3. The number of benzene rings is 2. The quantitative estimate of drug-likeness (QED) is 0.255. The molecule has 0 aliphatic heterocycles. The molecule has 0 radical (unpaired) electrons. The van der Waals surface area contributed by atoms with Gasteiger partial charge in [-0.15, -0.1) is 6.58 Å². The van der Waals surface area contributed by atoms with Gasteiger partial charge in [0.1, 0.15) is 5.76 Å². The molecule has 2 saturated carbocycles. The molecule has 0 unspecified atom stereocenters. The highest BCUT2D eigenvalue weighted by molar-refractivity contribution is 5.98. The van der Waals surface area contributed by atoms with Gasteiger partial charge in [0.25, 0.3) is 0 Å². The molecule has 186 valence electrons. The van der Waals surface area contributed by atoms with Crippen molar-refractivity contribution in [3.63, 3.8) is 0 Å². The molecule has 6 rings (SSSR count). The van der Waals surface area contributed by atoms with E-state index in [2.05, 4.69) is 71.0 Å². The van der Waals surface area contributed by atoms with Gasteiger partial charge in [0.2, 0.25) is 5.92 Å². The molecule has 2 aromatic heterocycles. The second kappa shape index (κ2) is 8.43. The van der Waals surface area contributed by atoms with Crippen LogP contribution in [0.2, 0.25) is 0 Å². The number of hydrogen-bond acceptors (Lipinski definition) is 2. The van der Waals surface area contributed by atoms with Gasteiger partial charge >= 0.3 is 0 Å². The van der Waals surface area contributed by atoms with Crippen LogP contribution >= 0.6 is 0 Å². The molecule has 3 nitrogen and oxygen atoms in total. The molecule has 0 bridgehead atoms. The zero-order valence-electron chi connectivity index (χ0n) is 21.0. The van der Waals surface area contributed by atoms with Gasteiger partial charge in [0.05, 0.1) is 5.69 Å². The predicted molar refractivity (Wildman–Crippen MR) is 140 cm³/mol. The number of nitrogens with zero attached hydrogens (tertiary/aromatic N) is 2. The summed E-state index contributed by atoms with van der Waals surface area (Å²) in [4.78, 5) is 0. The van der Waals surface area contributed by atoms with E-state index in [1.54, 1.807) is 0 Å². The van der Waals surface area contributed by atoms with Gasteiger partial charge in [0.15, 0.2) is 0 Å². The number of alkyl halides is 2. The molecular weight excluding hydrogens is 454 g/mol. The summed E-state index contributed by atoms with van der Waals surface area (Å²) in [7, 11) is 0. The summed E-state index contributed by atoms with van der Waals surface area (Å²) in [6, 6.07) is 15.4. The average molecular weight is 487 g/mol. The van der Waals surface area contributed by atoms with Gasteiger partial charge in [-0.2, -0.15) is 0 Å². The van der Waals surface area contributed by atoms with Gasteiger partial charge in [-0.3, -0.25) is 0 Å². The van der Waals surface area contributed by atoms with Crippen LogP contribution in [0.5, 0.6) is 0 Å². The van der Waals surface area contributed by atoms with Crippen molar-refractivity contribution in [2.45, 2.75) is 70.3 Å². The number of aromatic nitrogens is 2. The SMILES string of the molecule is C=CC1(c2ccc(-c3cn(CC4CCC(F)(F)CC4)c4cc(-c5c(C)noc5C)ccc34)cc2)CC1. The van der Waals surface area contributed by atoms with Gasteiger partial charge in [0, 0.05) is 53.0 Å². The van der Waals surface area contributed by atoms with Crippen LogP contribution in [-0.2, 0) is 12.0 Å². The van der Waals surface area contributed by atoms with E-state index >= 15 is 0 Å². The van der Waals surface area contributed by atoms with Crippen molar-refractivity contribution in [1.29, 1.82) is 0 Å². The summed E-state index contributed by atoms with van der Waals surface area (Å²) >= 11 is 0. The second-order valence-electron chi connectivity index (χ2n) is 10.9. The summed E-state index contributed by atoms with van der Waals surface area (Å²) in [6.07, 6.45) is 7.72. The van der Waals surface area contributed by atoms with Crippen LogP contribution < -0.4 is 0 Å². The lowest BCUT2D eigenvalue weighted by Crippen LogP contribution is -2.26. The minimum absolute atomic E-state index is 0.0133. The average Bonchev–Trinajstić information content (AvgIpc) is 3.50. The lowest BCUT2D eigenvalue weighted by molar-refractivity contribution is -0.0472. The van der Waals surface area contributed by atoms with Gasteiger partial charge in [-0.25, -0.2) is 8.78 Å². The van der Waals surface area contributed by atoms with Crippen LogP contribution in [0.25, 0.3) is 33.2 Å². The Morgan fingerprint density at radius 1 is 1.03 bits per heavy atom. The molecule has 0 atom stereocenters. The third-order valence-corrected chi connectivity index (χ3v) is 8.45. The first kappa shape index (κ1) is 23.2. The Hall–Kier alpha value is -3.21. The summed E-state index contributed by atoms with van der Waals surface area (Å²) < 4.78 is 35.3. The number of hydrogen-bond donors (Lipinski definition) is 0. The van der Waals surface area contributed by atoms with Crippen molar-refractivity contribution in [3.05, 3.63) is 78.3 Å². The van der Waals surface area contributed by atoms with E-state index in [1.807, 2.05) is 13.8 Å². The fourth-order valence-corrected chi connectivity index (χ4v) is 6.01. The van der Waals surface area contributed by atoms with E-state index in [0.717, 1.165) is 34.6 Å². The first-order valence-electron chi connectivity index (χ1n) is 13.0. The highest BCUT2D eigenvalue weighted by Crippen LogP contribution is 2.49. The van der Waals surface area contributed by atoms with Crippen molar-refractivity contribution in [1.82, 2.24) is 9.72 Å². The summed E-state index contributed by atoms with van der Waals surface area (Å²) in [5.41, 5.74) is 7.89. The molecule has 0 N–H and O–H groups in total. The van der Waals surface area contributed by atoms with Gasteiger partial charge in [-0.05, 0) is 68.2 Å². The van der Waals surface area contributed by atoms with E-state index in [1.165, 1.54) is 34.9 Å². The minimum atomic E-state index is -2.51. The van der Waals surface area contributed by atoms with Crippen molar-refractivity contribution in [2.75, 3.05) is 0 Å². The summed E-state index contributed by atoms with van der Waals surface area (Å²) in [5.74, 6) is -1.46. The Morgan fingerprint density at radius 3 is 2.33 bits per heavy atom. The van der Waals surface area contributed by atoms with Crippen molar-refractivity contribution >= 4 is 10.9 Å². The largest absolute Gasteiger partial charge is 0.361 e. The zero-order valence-corrected chi connectivity index (χ0v) is 21.0. The van der Waals surface area contributed by atoms with Crippen LogP contribution in [-0.4, -0.2) is 15.6 Å². The molecule has 2 heterocycles. The zero-order chi connectivity index (χ0) is 25.1. The minimum Gasteiger partial charge on any atom is -0.361 e. The Labute approximate surface area is 210 Å². The van der Waals surface area contributed by atoms with Crippen molar-refractivity contribution in [2.24, 2.45) is 5.92 Å². The van der Waals surface area contributed by atoms with Crippen LogP contribution in [0, 0.1) is 19.8 Å². The standard InChI is InChI=1S/C31H32F2N2O/c1-4-30(15-16-30)25-8-5-23(6-9-25)27-19-35(18-22-11-13-31(32,33)14-12-22)28-17-24(7-10-26(27)28)29-20(2)34-36-21(29)3/h4-10,17,19,22H,1,11-16,18H2,2-3H3. The van der Waals surface area contributed by atoms with Gasteiger partial charge < -0.3 is 9.09 Å². The molecule has 2 aliphatic carbocycles. The number of allylic oxidation sites excluding steroid dienone is 1. The number of rotatable bonds is 6. The fourth-order valence-electron chi connectivity index (χ4n) is 6.01. The monoisotopic (exact) mass is 486 g/mol. The van der Waals surface area contributed by atoms with Crippen molar-refractivity contribution < 1.29 is 13.3 Å². The van der Waals surface area contributed by atoms with Crippen LogP contribution in [0.3, 0.4) is 0 Å². The molecule has 2 aliphatic rings. The fraction of sp³-hybridized carbons (Fsp3) is 0.387. The molecule has 0 spiro atoms. The van der Waals surface area contributed by atoms with E-state index in [9.17, 15) is 8.78 Å². The second-order valence-corrected chi connectivity index (χ2v) is 10.9. The third-order valence-electron chi connectivity index (χ3n) is 8.45. The first-order valence-corrected chi connectivity index (χ1v) is 13.0. The Bertz CT molecular complexity index is 1410. The van der Waals surface area contributed by atoms with Crippen LogP contribution in [0.15, 0.2) is 65.8 Å². The van der Waals surface area contributed by atoms with Crippen LogP contribution in [0.1, 0.15) is 55.5 Å².